The first-order valence-electron chi connectivity index (χ1n) is 10.6. The molecule has 0 bridgehead atoms. The van der Waals surface area contributed by atoms with Crippen LogP contribution in [0.3, 0.4) is 0 Å². The van der Waals surface area contributed by atoms with Gasteiger partial charge in [-0.1, -0.05) is 6.07 Å². The average Bonchev–Trinajstić information content (AvgIpc) is 3.12. The van der Waals surface area contributed by atoms with Crippen LogP contribution in [0, 0.1) is 12.3 Å². The summed E-state index contributed by atoms with van der Waals surface area (Å²) >= 11 is 0. The van der Waals surface area contributed by atoms with Gasteiger partial charge in [0.05, 0.1) is 12.6 Å². The maximum Gasteiger partial charge on any atom is 0.490 e. The van der Waals surface area contributed by atoms with Crippen LogP contribution in [-0.4, -0.2) is 71.6 Å². The first-order valence-corrected chi connectivity index (χ1v) is 10.6. The molecule has 11 heteroatoms. The van der Waals surface area contributed by atoms with E-state index in [0.717, 1.165) is 50.1 Å². The summed E-state index contributed by atoms with van der Waals surface area (Å²) in [4.78, 5) is 27.3. The maximum atomic E-state index is 10.6. The largest absolute Gasteiger partial charge is 0.490 e. The molecule has 0 amide bonds. The van der Waals surface area contributed by atoms with Crippen LogP contribution in [0.5, 0.6) is 0 Å². The zero-order chi connectivity index (χ0) is 24.1. The number of rotatable bonds is 4. The molecule has 1 unspecified atom stereocenters. The second kappa shape index (κ2) is 10.3. The number of piperidine rings is 1. The molecule has 1 spiro atoms. The van der Waals surface area contributed by atoms with Crippen LogP contribution in [0.2, 0.25) is 0 Å². The minimum Gasteiger partial charge on any atom is -0.475 e. The topological polar surface area (TPSA) is 91.7 Å². The molecule has 0 saturated carbocycles. The Morgan fingerprint density at radius 2 is 1.85 bits per heavy atom. The fourth-order valence-electron chi connectivity index (χ4n) is 4.46. The number of ether oxygens (including phenoxy) is 1. The summed E-state index contributed by atoms with van der Waals surface area (Å²) in [7, 11) is 1.78. The molecule has 4 rings (SSSR count). The molecule has 180 valence electrons. The maximum absolute atomic E-state index is 10.6. The minimum atomic E-state index is -5.08. The number of carboxylic acid groups (broad SMARTS) is 1. The molecule has 2 aliphatic heterocycles. The summed E-state index contributed by atoms with van der Waals surface area (Å²) in [5.41, 5.74) is 1.40. The van der Waals surface area contributed by atoms with Gasteiger partial charge in [0.1, 0.15) is 5.82 Å². The third kappa shape index (κ3) is 6.31. The van der Waals surface area contributed by atoms with Crippen molar-refractivity contribution < 1.29 is 27.8 Å². The number of carboxylic acids is 1. The van der Waals surface area contributed by atoms with Crippen molar-refractivity contribution in [3.63, 3.8) is 0 Å². The molecular weight excluding hydrogens is 439 g/mol. The molecule has 1 N–H and O–H groups in total. The van der Waals surface area contributed by atoms with Gasteiger partial charge in [-0.25, -0.2) is 19.7 Å². The molecule has 8 nitrogen and oxygen atoms in total. The van der Waals surface area contributed by atoms with Crippen LogP contribution in [0.1, 0.15) is 25.0 Å². The molecule has 2 aliphatic rings. The fraction of sp³-hybridized carbons (Fsp3) is 0.545. The standard InChI is InChI=1S/C20H27N5O.C2HF3O2/c1-16-5-3-6-18(23-16)24-11-7-20(8-12-24)13-17(14-26-2)25(15-20)19-21-9-4-10-22-19;3-2(4,5)1(6)7/h3-6,9-10,17H,7-8,11-15H2,1-2H3;(H,6,7). The number of pyridine rings is 1. The monoisotopic (exact) mass is 467 g/mol. The Balaban J connectivity index is 0.000000383. The number of aliphatic carboxylic acids is 1. The van der Waals surface area contributed by atoms with Gasteiger partial charge in [0.15, 0.2) is 0 Å². The highest BCUT2D eigenvalue weighted by atomic mass is 19.4. The Morgan fingerprint density at radius 1 is 1.21 bits per heavy atom. The van der Waals surface area contributed by atoms with Crippen molar-refractivity contribution in [3.8, 4) is 0 Å². The first-order chi connectivity index (χ1) is 15.6. The molecule has 2 fully saturated rings. The number of halogens is 3. The van der Waals surface area contributed by atoms with Gasteiger partial charge in [0, 0.05) is 44.8 Å². The summed E-state index contributed by atoms with van der Waals surface area (Å²) in [6.07, 6.45) is 2.05. The Hall–Kier alpha value is -2.95. The highest BCUT2D eigenvalue weighted by Crippen LogP contribution is 2.44. The number of hydrogen-bond donors (Lipinski definition) is 1. The zero-order valence-corrected chi connectivity index (χ0v) is 18.6. The fourth-order valence-corrected chi connectivity index (χ4v) is 4.46. The summed E-state index contributed by atoms with van der Waals surface area (Å²) in [6.45, 7) is 5.90. The number of nitrogens with zero attached hydrogens (tertiary/aromatic N) is 5. The predicted molar refractivity (Wildman–Crippen MR) is 116 cm³/mol. The first kappa shape index (κ1) is 24.7. The van der Waals surface area contributed by atoms with Crippen LogP contribution in [0.25, 0.3) is 0 Å². The molecular formula is C22H28F3N5O3. The number of hydrogen-bond acceptors (Lipinski definition) is 7. The highest BCUT2D eigenvalue weighted by molar-refractivity contribution is 5.73. The summed E-state index contributed by atoms with van der Waals surface area (Å²) in [5.74, 6) is -0.823. The van der Waals surface area contributed by atoms with Gasteiger partial charge in [-0.15, -0.1) is 0 Å². The van der Waals surface area contributed by atoms with E-state index in [1.807, 2.05) is 18.5 Å². The summed E-state index contributed by atoms with van der Waals surface area (Å²) in [5, 5.41) is 7.12. The van der Waals surface area contributed by atoms with Gasteiger partial charge >= 0.3 is 12.1 Å². The number of methoxy groups -OCH3 is 1. The van der Waals surface area contributed by atoms with Crippen molar-refractivity contribution in [1.82, 2.24) is 15.0 Å². The third-order valence-electron chi connectivity index (χ3n) is 6.05. The summed E-state index contributed by atoms with van der Waals surface area (Å²) < 4.78 is 37.2. The molecule has 0 aliphatic carbocycles. The molecule has 2 aromatic rings. The van der Waals surface area contributed by atoms with E-state index in [-0.39, 0.29) is 0 Å². The Bertz CT molecular complexity index is 921. The lowest BCUT2D eigenvalue weighted by molar-refractivity contribution is -0.192. The van der Waals surface area contributed by atoms with E-state index in [0.29, 0.717) is 11.5 Å². The highest BCUT2D eigenvalue weighted by Gasteiger charge is 2.46. The van der Waals surface area contributed by atoms with E-state index in [1.54, 1.807) is 7.11 Å². The van der Waals surface area contributed by atoms with Crippen LogP contribution >= 0.6 is 0 Å². The second-order valence-corrected chi connectivity index (χ2v) is 8.42. The Kier molecular flexibility index (Phi) is 7.72. The van der Waals surface area contributed by atoms with Crippen LogP contribution in [0.4, 0.5) is 24.9 Å². The van der Waals surface area contributed by atoms with Gasteiger partial charge < -0.3 is 19.6 Å². The minimum absolute atomic E-state index is 0.322. The third-order valence-corrected chi connectivity index (χ3v) is 6.05. The van der Waals surface area contributed by atoms with Crippen molar-refractivity contribution in [2.45, 2.75) is 38.4 Å². The van der Waals surface area contributed by atoms with Crippen molar-refractivity contribution in [2.24, 2.45) is 5.41 Å². The second-order valence-electron chi connectivity index (χ2n) is 8.42. The molecule has 33 heavy (non-hydrogen) atoms. The Morgan fingerprint density at radius 3 is 2.39 bits per heavy atom. The van der Waals surface area contributed by atoms with E-state index in [1.165, 1.54) is 12.8 Å². The average molecular weight is 467 g/mol. The van der Waals surface area contributed by atoms with Crippen molar-refractivity contribution in [3.05, 3.63) is 42.4 Å². The molecule has 2 saturated heterocycles. The number of aromatic nitrogens is 3. The van der Waals surface area contributed by atoms with E-state index in [9.17, 15) is 13.2 Å². The molecule has 0 radical (unpaired) electrons. The molecule has 4 heterocycles. The number of aryl methyl sites for hydroxylation is 1. The van der Waals surface area contributed by atoms with Gasteiger partial charge in [0.2, 0.25) is 5.95 Å². The number of carbonyl (C=O) groups is 1. The van der Waals surface area contributed by atoms with Crippen LogP contribution in [0.15, 0.2) is 36.7 Å². The quantitative estimate of drug-likeness (QED) is 0.732. The van der Waals surface area contributed by atoms with Gasteiger partial charge in [-0.05, 0) is 49.8 Å². The Labute approximate surface area is 190 Å². The van der Waals surface area contributed by atoms with E-state index in [2.05, 4.69) is 44.9 Å². The van der Waals surface area contributed by atoms with Crippen LogP contribution < -0.4 is 9.80 Å². The normalized spacial score (nSPS) is 19.8. The SMILES string of the molecule is COCC1CC2(CCN(c3cccc(C)n3)CC2)CN1c1ncccn1.O=C(O)C(F)(F)F. The number of anilines is 2. The van der Waals surface area contributed by atoms with E-state index < -0.39 is 12.1 Å². The van der Waals surface area contributed by atoms with E-state index >= 15 is 0 Å². The molecule has 1 atom stereocenters. The molecule has 2 aromatic heterocycles. The van der Waals surface area contributed by atoms with Gasteiger partial charge in [-0.3, -0.25) is 0 Å². The zero-order valence-electron chi connectivity index (χ0n) is 18.6. The van der Waals surface area contributed by atoms with Gasteiger partial charge in [0.25, 0.3) is 0 Å². The smallest absolute Gasteiger partial charge is 0.475 e. The van der Waals surface area contributed by atoms with Gasteiger partial charge in [-0.2, -0.15) is 13.2 Å². The van der Waals surface area contributed by atoms with Crippen molar-refractivity contribution in [1.29, 1.82) is 0 Å². The summed E-state index contributed by atoms with van der Waals surface area (Å²) in [6, 6.07) is 8.50. The number of alkyl halides is 3. The van der Waals surface area contributed by atoms with Crippen LogP contribution in [-0.2, 0) is 9.53 Å². The van der Waals surface area contributed by atoms with E-state index in [4.69, 9.17) is 19.6 Å². The van der Waals surface area contributed by atoms with Crippen molar-refractivity contribution >= 4 is 17.7 Å². The lowest BCUT2D eigenvalue weighted by atomic mass is 9.76. The van der Waals surface area contributed by atoms with Crippen molar-refractivity contribution in [2.75, 3.05) is 43.2 Å². The lowest BCUT2D eigenvalue weighted by Crippen LogP contribution is -2.42. The molecule has 0 aromatic carbocycles. The predicted octanol–water partition coefficient (Wildman–Crippen LogP) is 3.33. The lowest BCUT2D eigenvalue weighted by Gasteiger charge is -2.39.